The summed E-state index contributed by atoms with van der Waals surface area (Å²) in [5.74, 6) is 0. The van der Waals surface area contributed by atoms with E-state index in [1.165, 1.54) is 22.5 Å². The summed E-state index contributed by atoms with van der Waals surface area (Å²) in [6, 6.07) is 7.39. The fourth-order valence-electron chi connectivity index (χ4n) is 2.81. The largest absolute Gasteiger partial charge is 0.423 e. The van der Waals surface area contributed by atoms with Gasteiger partial charge in [-0.1, -0.05) is 6.92 Å². The van der Waals surface area contributed by atoms with E-state index < -0.39 is 21.2 Å². The topological polar surface area (TPSA) is 76.8 Å². The lowest BCUT2D eigenvalue weighted by molar-refractivity contribution is -0.0186. The van der Waals surface area contributed by atoms with E-state index in [1.807, 2.05) is 13.8 Å². The lowest BCUT2D eigenvalue weighted by atomic mass is 9.99. The number of rotatable bonds is 3. The molecule has 0 aliphatic carbocycles. The van der Waals surface area contributed by atoms with Crippen molar-refractivity contribution in [3.63, 3.8) is 0 Å². The zero-order valence-electron chi connectivity index (χ0n) is 13.1. The number of morpholine rings is 1. The Kier molecular flexibility index (Phi) is 4.03. The highest BCUT2D eigenvalue weighted by molar-refractivity contribution is 7.89. The molecule has 1 fully saturated rings. The third kappa shape index (κ3) is 2.80. The van der Waals surface area contributed by atoms with Crippen molar-refractivity contribution < 1.29 is 17.6 Å². The van der Waals surface area contributed by atoms with Gasteiger partial charge in [0.2, 0.25) is 10.0 Å². The average Bonchev–Trinajstić information content (AvgIpc) is 2.54. The van der Waals surface area contributed by atoms with Gasteiger partial charge in [-0.2, -0.15) is 4.31 Å². The van der Waals surface area contributed by atoms with Crippen LogP contribution in [-0.2, 0) is 14.8 Å². The summed E-state index contributed by atoms with van der Waals surface area (Å²) >= 11 is 0. The maximum atomic E-state index is 13.1. The lowest BCUT2D eigenvalue weighted by Crippen LogP contribution is -2.56. The van der Waals surface area contributed by atoms with Crippen LogP contribution in [0, 0.1) is 0 Å². The van der Waals surface area contributed by atoms with Crippen LogP contribution in [0.25, 0.3) is 11.0 Å². The van der Waals surface area contributed by atoms with Crippen molar-refractivity contribution in [2.75, 3.05) is 19.8 Å². The molecule has 7 heteroatoms. The number of ether oxygens (including phenoxy) is 1. The summed E-state index contributed by atoms with van der Waals surface area (Å²) in [5, 5.41) is 0.581. The summed E-state index contributed by atoms with van der Waals surface area (Å²) in [6.07, 6.45) is 0.661. The number of benzene rings is 1. The SMILES string of the molecule is CCC1(C)COCCN1S(=O)(=O)c1ccc2oc(=O)ccc2c1. The van der Waals surface area contributed by atoms with Crippen molar-refractivity contribution in [1.82, 2.24) is 4.31 Å². The number of fused-ring (bicyclic) bond motifs is 1. The van der Waals surface area contributed by atoms with Gasteiger partial charge in [0, 0.05) is 18.0 Å². The normalized spacial score (nSPS) is 23.2. The average molecular weight is 337 g/mol. The molecule has 3 rings (SSSR count). The van der Waals surface area contributed by atoms with Gasteiger partial charge in [-0.3, -0.25) is 0 Å². The maximum Gasteiger partial charge on any atom is 0.336 e. The number of hydrogen-bond donors (Lipinski definition) is 0. The summed E-state index contributed by atoms with van der Waals surface area (Å²) in [5.41, 5.74) is -0.647. The van der Waals surface area contributed by atoms with Crippen LogP contribution in [0.5, 0.6) is 0 Å². The first kappa shape index (κ1) is 16.2. The minimum atomic E-state index is -3.65. The zero-order valence-corrected chi connectivity index (χ0v) is 13.9. The van der Waals surface area contributed by atoms with Crippen LogP contribution in [-0.4, -0.2) is 38.0 Å². The highest BCUT2D eigenvalue weighted by Crippen LogP contribution is 2.31. The van der Waals surface area contributed by atoms with E-state index in [4.69, 9.17) is 9.15 Å². The second kappa shape index (κ2) is 5.74. The Morgan fingerprint density at radius 1 is 1.26 bits per heavy atom. The molecule has 0 saturated carbocycles. The smallest absolute Gasteiger partial charge is 0.336 e. The molecular weight excluding hydrogens is 318 g/mol. The fraction of sp³-hybridized carbons (Fsp3) is 0.438. The van der Waals surface area contributed by atoms with Crippen LogP contribution in [0.1, 0.15) is 20.3 Å². The number of hydrogen-bond acceptors (Lipinski definition) is 5. The molecule has 0 radical (unpaired) electrons. The lowest BCUT2D eigenvalue weighted by Gasteiger charge is -2.42. The summed E-state index contributed by atoms with van der Waals surface area (Å²) in [4.78, 5) is 11.4. The standard InChI is InChI=1S/C16H19NO5S/c1-3-16(2)11-21-9-8-17(16)23(19,20)13-5-6-14-12(10-13)4-7-15(18)22-14/h4-7,10H,3,8-9,11H2,1-2H3. The summed E-state index contributed by atoms with van der Waals surface area (Å²) in [7, 11) is -3.65. The molecule has 2 aromatic rings. The van der Waals surface area contributed by atoms with Crippen molar-refractivity contribution in [2.45, 2.75) is 30.7 Å². The van der Waals surface area contributed by atoms with E-state index in [2.05, 4.69) is 0 Å². The summed E-state index contributed by atoms with van der Waals surface area (Å²) < 4.78 is 38.1. The van der Waals surface area contributed by atoms with Crippen LogP contribution >= 0.6 is 0 Å². The maximum absolute atomic E-state index is 13.1. The predicted octanol–water partition coefficient (Wildman–Crippen LogP) is 1.98. The molecule has 1 saturated heterocycles. The second-order valence-electron chi connectivity index (χ2n) is 5.93. The molecule has 0 N–H and O–H groups in total. The Balaban J connectivity index is 2.08. The van der Waals surface area contributed by atoms with E-state index in [0.717, 1.165) is 0 Å². The summed E-state index contributed by atoms with van der Waals surface area (Å²) in [6.45, 7) is 4.94. The van der Waals surface area contributed by atoms with Crippen LogP contribution in [0.3, 0.4) is 0 Å². The molecule has 0 bridgehead atoms. The minimum Gasteiger partial charge on any atom is -0.423 e. The molecule has 124 valence electrons. The number of sulfonamides is 1. The van der Waals surface area contributed by atoms with Crippen molar-refractivity contribution >= 4 is 21.0 Å². The first-order chi connectivity index (χ1) is 10.9. The molecule has 23 heavy (non-hydrogen) atoms. The molecule has 1 atom stereocenters. The van der Waals surface area contributed by atoms with Gasteiger partial charge in [0.25, 0.3) is 0 Å². The first-order valence-corrected chi connectivity index (χ1v) is 8.95. The monoisotopic (exact) mass is 337 g/mol. The molecular formula is C16H19NO5S. The van der Waals surface area contributed by atoms with Crippen molar-refractivity contribution in [3.8, 4) is 0 Å². The predicted molar refractivity (Wildman–Crippen MR) is 85.9 cm³/mol. The van der Waals surface area contributed by atoms with Gasteiger partial charge in [-0.15, -0.1) is 0 Å². The Morgan fingerprint density at radius 3 is 2.78 bits per heavy atom. The van der Waals surface area contributed by atoms with E-state index in [0.29, 0.717) is 37.1 Å². The van der Waals surface area contributed by atoms with Crippen molar-refractivity contribution in [1.29, 1.82) is 0 Å². The van der Waals surface area contributed by atoms with Crippen LogP contribution in [0.4, 0.5) is 0 Å². The van der Waals surface area contributed by atoms with Gasteiger partial charge < -0.3 is 9.15 Å². The third-order valence-corrected chi connectivity index (χ3v) is 6.45. The van der Waals surface area contributed by atoms with Gasteiger partial charge in [0.05, 0.1) is 23.6 Å². The van der Waals surface area contributed by atoms with E-state index in [9.17, 15) is 13.2 Å². The highest BCUT2D eigenvalue weighted by atomic mass is 32.2. The van der Waals surface area contributed by atoms with E-state index in [-0.39, 0.29) is 4.90 Å². The number of nitrogens with zero attached hydrogens (tertiary/aromatic N) is 1. The Hall–Kier alpha value is -1.70. The molecule has 0 amide bonds. The molecule has 1 aliphatic heterocycles. The quantitative estimate of drug-likeness (QED) is 0.801. The first-order valence-electron chi connectivity index (χ1n) is 7.51. The molecule has 2 heterocycles. The molecule has 1 unspecified atom stereocenters. The van der Waals surface area contributed by atoms with Crippen molar-refractivity contribution in [3.05, 3.63) is 40.8 Å². The Morgan fingerprint density at radius 2 is 2.04 bits per heavy atom. The molecule has 1 aromatic carbocycles. The van der Waals surface area contributed by atoms with Crippen molar-refractivity contribution in [2.24, 2.45) is 0 Å². The second-order valence-corrected chi connectivity index (χ2v) is 7.80. The van der Waals surface area contributed by atoms with Crippen LogP contribution in [0.2, 0.25) is 0 Å². The van der Waals surface area contributed by atoms with Gasteiger partial charge in [-0.05, 0) is 37.6 Å². The molecule has 6 nitrogen and oxygen atoms in total. The van der Waals surface area contributed by atoms with E-state index >= 15 is 0 Å². The van der Waals surface area contributed by atoms with Gasteiger partial charge in [0.15, 0.2) is 0 Å². The van der Waals surface area contributed by atoms with Crippen LogP contribution < -0.4 is 5.63 Å². The van der Waals surface area contributed by atoms with Gasteiger partial charge in [0.1, 0.15) is 5.58 Å². The Bertz CT molecular complexity index is 889. The Labute approximate surface area is 134 Å². The molecule has 1 aliphatic rings. The highest BCUT2D eigenvalue weighted by Gasteiger charge is 2.41. The van der Waals surface area contributed by atoms with Crippen LogP contribution in [0.15, 0.2) is 44.4 Å². The minimum absolute atomic E-state index is 0.195. The van der Waals surface area contributed by atoms with E-state index in [1.54, 1.807) is 12.1 Å². The van der Waals surface area contributed by atoms with Gasteiger partial charge in [-0.25, -0.2) is 13.2 Å². The van der Waals surface area contributed by atoms with Gasteiger partial charge >= 0.3 is 5.63 Å². The third-order valence-electron chi connectivity index (χ3n) is 4.39. The molecule has 0 spiro atoms. The zero-order chi connectivity index (χ0) is 16.7. The fourth-order valence-corrected chi connectivity index (χ4v) is 4.66. The molecule has 1 aromatic heterocycles.